The van der Waals surface area contributed by atoms with Crippen LogP contribution in [-0.2, 0) is 9.53 Å². The molecule has 17 heavy (non-hydrogen) atoms. The van der Waals surface area contributed by atoms with Crippen LogP contribution in [0.4, 0.5) is 4.39 Å². The molecule has 0 N–H and O–H groups in total. The maximum Gasteiger partial charge on any atom is 0.352 e. The number of carbonyl (C=O) groups is 2. The predicted octanol–water partition coefficient (Wildman–Crippen LogP) is 2.53. The minimum Gasteiger partial charge on any atom is -0.461 e. The third-order valence-electron chi connectivity index (χ3n) is 1.95. The number of furan rings is 1. The molecule has 1 aromatic heterocycles. The summed E-state index contributed by atoms with van der Waals surface area (Å²) in [7, 11) is 0. The van der Waals surface area contributed by atoms with Crippen LogP contribution in [0.25, 0.3) is 0 Å². The highest BCUT2D eigenvalue weighted by atomic mass is 19.1. The fourth-order valence-corrected chi connectivity index (χ4v) is 1.11. The molecule has 0 aliphatic carbocycles. The lowest BCUT2D eigenvalue weighted by Gasteiger charge is -2.24. The number of halogens is 1. The standard InChI is InChI=1S/C12H15FO4/c1-11(2,3)17-10(15)12(4,13)9(14)8-6-5-7-16-8/h5-7H,1-4H3. The highest BCUT2D eigenvalue weighted by Gasteiger charge is 2.46. The lowest BCUT2D eigenvalue weighted by atomic mass is 10.0. The van der Waals surface area contributed by atoms with Crippen molar-refractivity contribution in [3.63, 3.8) is 0 Å². The third kappa shape index (κ3) is 3.15. The summed E-state index contributed by atoms with van der Waals surface area (Å²) >= 11 is 0. The van der Waals surface area contributed by atoms with Gasteiger partial charge in [-0.1, -0.05) is 0 Å². The summed E-state index contributed by atoms with van der Waals surface area (Å²) in [6, 6.07) is 2.74. The number of alkyl halides is 1. The van der Waals surface area contributed by atoms with Gasteiger partial charge in [0.2, 0.25) is 5.78 Å². The van der Waals surface area contributed by atoms with Gasteiger partial charge in [-0.15, -0.1) is 0 Å². The number of hydrogen-bond acceptors (Lipinski definition) is 4. The van der Waals surface area contributed by atoms with Crippen LogP contribution in [0.1, 0.15) is 38.2 Å². The Balaban J connectivity index is 2.88. The van der Waals surface area contributed by atoms with Crippen molar-refractivity contribution in [2.45, 2.75) is 39.0 Å². The van der Waals surface area contributed by atoms with E-state index in [9.17, 15) is 14.0 Å². The molecule has 0 aliphatic rings. The molecule has 1 rings (SSSR count). The van der Waals surface area contributed by atoms with Gasteiger partial charge in [0.05, 0.1) is 6.26 Å². The molecule has 0 aromatic carbocycles. The molecule has 0 saturated carbocycles. The maximum absolute atomic E-state index is 14.1. The zero-order chi connectivity index (χ0) is 13.3. The van der Waals surface area contributed by atoms with Gasteiger partial charge in [0.25, 0.3) is 5.67 Å². The number of rotatable bonds is 3. The molecule has 0 aliphatic heterocycles. The summed E-state index contributed by atoms with van der Waals surface area (Å²) in [6.45, 7) is 5.65. The second kappa shape index (κ2) is 4.31. The van der Waals surface area contributed by atoms with Crippen LogP contribution < -0.4 is 0 Å². The average molecular weight is 242 g/mol. The summed E-state index contributed by atoms with van der Waals surface area (Å²) in [4.78, 5) is 23.2. The topological polar surface area (TPSA) is 56.5 Å². The van der Waals surface area contributed by atoms with Crippen LogP contribution in [0.2, 0.25) is 0 Å². The Morgan fingerprint density at radius 1 is 1.29 bits per heavy atom. The number of ether oxygens (including phenoxy) is 1. The first-order chi connectivity index (χ1) is 7.64. The Morgan fingerprint density at radius 2 is 1.88 bits per heavy atom. The molecule has 4 nitrogen and oxygen atoms in total. The first kappa shape index (κ1) is 13.4. The van der Waals surface area contributed by atoms with E-state index in [1.54, 1.807) is 20.8 Å². The number of ketones is 1. The second-order valence-corrected chi connectivity index (χ2v) is 4.81. The van der Waals surface area contributed by atoms with E-state index in [4.69, 9.17) is 9.15 Å². The monoisotopic (exact) mass is 242 g/mol. The van der Waals surface area contributed by atoms with Crippen LogP contribution in [0, 0.1) is 0 Å². The van der Waals surface area contributed by atoms with E-state index < -0.39 is 23.0 Å². The molecular weight excluding hydrogens is 227 g/mol. The van der Waals surface area contributed by atoms with Crippen molar-refractivity contribution >= 4 is 11.8 Å². The van der Waals surface area contributed by atoms with Crippen LogP contribution in [0.15, 0.2) is 22.8 Å². The zero-order valence-electron chi connectivity index (χ0n) is 10.2. The molecule has 0 amide bonds. The Morgan fingerprint density at radius 3 is 2.29 bits per heavy atom. The van der Waals surface area contributed by atoms with E-state index >= 15 is 0 Å². The smallest absolute Gasteiger partial charge is 0.352 e. The van der Waals surface area contributed by atoms with Crippen LogP contribution in [0.3, 0.4) is 0 Å². The molecule has 0 spiro atoms. The van der Waals surface area contributed by atoms with Gasteiger partial charge in [-0.05, 0) is 39.8 Å². The number of esters is 1. The van der Waals surface area contributed by atoms with E-state index in [-0.39, 0.29) is 5.76 Å². The molecule has 0 fully saturated rings. The molecule has 94 valence electrons. The normalized spacial score (nSPS) is 15.1. The predicted molar refractivity (Wildman–Crippen MR) is 58.4 cm³/mol. The van der Waals surface area contributed by atoms with Crippen molar-refractivity contribution in [3.8, 4) is 0 Å². The van der Waals surface area contributed by atoms with Crippen molar-refractivity contribution in [1.82, 2.24) is 0 Å². The van der Waals surface area contributed by atoms with Crippen molar-refractivity contribution in [1.29, 1.82) is 0 Å². The minimum atomic E-state index is -2.74. The molecule has 0 bridgehead atoms. The van der Waals surface area contributed by atoms with Gasteiger partial charge in [-0.25, -0.2) is 9.18 Å². The van der Waals surface area contributed by atoms with Crippen molar-refractivity contribution in [2.75, 3.05) is 0 Å². The molecule has 0 saturated heterocycles. The van der Waals surface area contributed by atoms with E-state index in [1.165, 1.54) is 18.4 Å². The molecule has 1 atom stereocenters. The summed E-state index contributed by atoms with van der Waals surface area (Å²) in [5, 5.41) is 0. The Bertz CT molecular complexity index is 412. The van der Waals surface area contributed by atoms with E-state index in [0.29, 0.717) is 0 Å². The minimum absolute atomic E-state index is 0.208. The maximum atomic E-state index is 14.1. The fourth-order valence-electron chi connectivity index (χ4n) is 1.11. The molecule has 5 heteroatoms. The zero-order valence-corrected chi connectivity index (χ0v) is 10.2. The van der Waals surface area contributed by atoms with Gasteiger partial charge in [-0.2, -0.15) is 0 Å². The van der Waals surface area contributed by atoms with Gasteiger partial charge >= 0.3 is 5.97 Å². The highest BCUT2D eigenvalue weighted by molar-refractivity contribution is 6.13. The highest BCUT2D eigenvalue weighted by Crippen LogP contribution is 2.22. The quantitative estimate of drug-likeness (QED) is 0.464. The molecule has 1 unspecified atom stereocenters. The van der Waals surface area contributed by atoms with Gasteiger partial charge in [-0.3, -0.25) is 4.79 Å². The SMILES string of the molecule is CC(C)(C)OC(=O)C(C)(F)C(=O)c1ccco1. The molecule has 0 radical (unpaired) electrons. The average Bonchev–Trinajstić information content (AvgIpc) is 2.66. The fraction of sp³-hybridized carbons (Fsp3) is 0.500. The molecular formula is C12H15FO4. The Labute approximate surface area is 98.7 Å². The van der Waals surface area contributed by atoms with Gasteiger partial charge < -0.3 is 9.15 Å². The largest absolute Gasteiger partial charge is 0.461 e. The molecule has 1 heterocycles. The summed E-state index contributed by atoms with van der Waals surface area (Å²) in [6.07, 6.45) is 1.23. The van der Waals surface area contributed by atoms with E-state index in [0.717, 1.165) is 6.92 Å². The van der Waals surface area contributed by atoms with E-state index in [1.807, 2.05) is 0 Å². The number of carbonyl (C=O) groups excluding carboxylic acids is 2. The summed E-state index contributed by atoms with van der Waals surface area (Å²) in [5.41, 5.74) is -3.60. The summed E-state index contributed by atoms with van der Waals surface area (Å²) in [5.74, 6) is -2.47. The van der Waals surface area contributed by atoms with Crippen molar-refractivity contribution in [2.24, 2.45) is 0 Å². The lowest BCUT2D eigenvalue weighted by molar-refractivity contribution is -0.164. The van der Waals surface area contributed by atoms with Crippen LogP contribution >= 0.6 is 0 Å². The molecule has 1 aromatic rings. The summed E-state index contributed by atoms with van der Waals surface area (Å²) < 4.78 is 23.7. The Kier molecular flexibility index (Phi) is 3.40. The lowest BCUT2D eigenvalue weighted by Crippen LogP contribution is -2.43. The van der Waals surface area contributed by atoms with E-state index in [2.05, 4.69) is 0 Å². The first-order valence-corrected chi connectivity index (χ1v) is 5.15. The third-order valence-corrected chi connectivity index (χ3v) is 1.95. The first-order valence-electron chi connectivity index (χ1n) is 5.15. The van der Waals surface area contributed by atoms with Crippen molar-refractivity contribution < 1.29 is 23.1 Å². The van der Waals surface area contributed by atoms with Gasteiger partial charge in [0.1, 0.15) is 5.60 Å². The van der Waals surface area contributed by atoms with Gasteiger partial charge in [0, 0.05) is 0 Å². The number of Topliss-reactive ketones (excluding diaryl/α,β-unsaturated/α-hetero) is 1. The Hall–Kier alpha value is -1.65. The second-order valence-electron chi connectivity index (χ2n) is 4.81. The number of hydrogen-bond donors (Lipinski definition) is 0. The van der Waals surface area contributed by atoms with Crippen molar-refractivity contribution in [3.05, 3.63) is 24.2 Å². The van der Waals surface area contributed by atoms with Crippen LogP contribution in [-0.4, -0.2) is 23.0 Å². The van der Waals surface area contributed by atoms with Gasteiger partial charge in [0.15, 0.2) is 5.76 Å². The van der Waals surface area contributed by atoms with Crippen LogP contribution in [0.5, 0.6) is 0 Å².